The van der Waals surface area contributed by atoms with Gasteiger partial charge in [-0.05, 0) is 63.1 Å². The van der Waals surface area contributed by atoms with E-state index in [0.29, 0.717) is 20.2 Å². The first-order valence-electron chi connectivity index (χ1n) is 11.7. The zero-order valence-electron chi connectivity index (χ0n) is 20.9. The van der Waals surface area contributed by atoms with Gasteiger partial charge in [0.1, 0.15) is 5.56 Å². The van der Waals surface area contributed by atoms with Gasteiger partial charge in [-0.3, -0.25) is 24.5 Å². The Hall–Kier alpha value is -4.09. The Kier molecular flexibility index (Phi) is 6.49. The zero-order valence-corrected chi connectivity index (χ0v) is 22.5. The molecule has 1 aliphatic rings. The molecule has 0 radical (unpaired) electrons. The second-order valence-corrected chi connectivity index (χ2v) is 11.7. The van der Waals surface area contributed by atoms with Crippen molar-refractivity contribution in [2.45, 2.75) is 37.3 Å². The van der Waals surface area contributed by atoms with E-state index < -0.39 is 27.7 Å². The minimum Gasteiger partial charge on any atom is -0.325 e. The SMILES string of the molecule is Cc1cc(C)c(NC(=O)[C@@H](C)Sc2nc3ccc(N4C(=O)c5cccc([N+](=O)[O-])c5C4=O)cc3s2)c(C)c1. The van der Waals surface area contributed by atoms with E-state index >= 15 is 0 Å². The van der Waals surface area contributed by atoms with Crippen LogP contribution >= 0.6 is 23.1 Å². The van der Waals surface area contributed by atoms with Gasteiger partial charge >= 0.3 is 0 Å². The van der Waals surface area contributed by atoms with Crippen LogP contribution in [0.4, 0.5) is 17.1 Å². The van der Waals surface area contributed by atoms with Crippen molar-refractivity contribution in [3.05, 3.63) is 86.5 Å². The molecule has 1 aromatic heterocycles. The van der Waals surface area contributed by atoms with Crippen LogP contribution in [0.1, 0.15) is 44.3 Å². The number of anilines is 2. The third-order valence-corrected chi connectivity index (χ3v) is 8.48. The van der Waals surface area contributed by atoms with Gasteiger partial charge in [0, 0.05) is 11.8 Å². The van der Waals surface area contributed by atoms with E-state index in [1.807, 2.05) is 39.8 Å². The summed E-state index contributed by atoms with van der Waals surface area (Å²) >= 11 is 2.66. The number of carbonyl (C=O) groups excluding carboxylic acids is 3. The molecule has 2 heterocycles. The summed E-state index contributed by atoms with van der Waals surface area (Å²) in [6.45, 7) is 7.75. The fourth-order valence-electron chi connectivity index (χ4n) is 4.54. The molecule has 4 aromatic rings. The number of hydrogen-bond acceptors (Lipinski definition) is 8. The average molecular weight is 547 g/mol. The predicted octanol–water partition coefficient (Wildman–Crippen LogP) is 6.05. The van der Waals surface area contributed by atoms with Crippen LogP contribution in [0.15, 0.2) is 52.9 Å². The molecule has 9 nitrogen and oxygen atoms in total. The molecular formula is C27H22N4O5S2. The molecule has 0 saturated heterocycles. The van der Waals surface area contributed by atoms with Gasteiger partial charge in [0.2, 0.25) is 5.91 Å². The van der Waals surface area contributed by atoms with Crippen molar-refractivity contribution in [2.24, 2.45) is 0 Å². The molecule has 1 atom stereocenters. The maximum atomic E-state index is 13.1. The molecule has 5 rings (SSSR count). The fourth-order valence-corrected chi connectivity index (χ4v) is 6.79. The molecule has 0 fully saturated rings. The van der Waals surface area contributed by atoms with Gasteiger partial charge in [0.25, 0.3) is 17.5 Å². The smallest absolute Gasteiger partial charge is 0.283 e. The Morgan fingerprint density at radius 1 is 1.08 bits per heavy atom. The molecule has 0 unspecified atom stereocenters. The number of rotatable bonds is 6. The first-order valence-corrected chi connectivity index (χ1v) is 13.4. The van der Waals surface area contributed by atoms with Crippen molar-refractivity contribution in [2.75, 3.05) is 10.2 Å². The molecule has 1 aliphatic heterocycles. The minimum absolute atomic E-state index is 0.00346. The monoisotopic (exact) mass is 546 g/mol. The van der Waals surface area contributed by atoms with E-state index in [2.05, 4.69) is 10.3 Å². The first-order chi connectivity index (χ1) is 18.0. The Morgan fingerprint density at radius 2 is 1.79 bits per heavy atom. The van der Waals surface area contributed by atoms with Gasteiger partial charge in [0.15, 0.2) is 4.34 Å². The van der Waals surface area contributed by atoms with Crippen LogP contribution in [0.25, 0.3) is 10.2 Å². The van der Waals surface area contributed by atoms with Gasteiger partial charge in [-0.25, -0.2) is 9.88 Å². The number of hydrogen-bond donors (Lipinski definition) is 1. The molecule has 0 spiro atoms. The fraction of sp³-hybridized carbons (Fsp3) is 0.185. The lowest BCUT2D eigenvalue weighted by molar-refractivity contribution is -0.385. The summed E-state index contributed by atoms with van der Waals surface area (Å²) in [5, 5.41) is 14.0. The largest absolute Gasteiger partial charge is 0.325 e. The number of fused-ring (bicyclic) bond motifs is 2. The van der Waals surface area contributed by atoms with E-state index in [9.17, 15) is 24.5 Å². The number of thioether (sulfide) groups is 1. The van der Waals surface area contributed by atoms with Crippen molar-refractivity contribution < 1.29 is 19.3 Å². The topological polar surface area (TPSA) is 123 Å². The highest BCUT2D eigenvalue weighted by Gasteiger charge is 2.41. The normalized spacial score (nSPS) is 13.6. The molecule has 3 aromatic carbocycles. The number of thiazole rings is 1. The first kappa shape index (κ1) is 25.6. The summed E-state index contributed by atoms with van der Waals surface area (Å²) < 4.78 is 1.38. The Balaban J connectivity index is 1.37. The van der Waals surface area contributed by atoms with Gasteiger partial charge < -0.3 is 5.32 Å². The van der Waals surface area contributed by atoms with E-state index in [1.54, 1.807) is 18.2 Å². The van der Waals surface area contributed by atoms with E-state index in [-0.39, 0.29) is 17.0 Å². The highest BCUT2D eigenvalue weighted by Crippen LogP contribution is 2.38. The minimum atomic E-state index is -0.734. The second-order valence-electron chi connectivity index (χ2n) is 9.06. The lowest BCUT2D eigenvalue weighted by atomic mass is 10.1. The average Bonchev–Trinajstić information content (AvgIpc) is 3.37. The van der Waals surface area contributed by atoms with E-state index in [1.165, 1.54) is 41.3 Å². The highest BCUT2D eigenvalue weighted by molar-refractivity contribution is 8.02. The van der Waals surface area contributed by atoms with Crippen LogP contribution in [-0.2, 0) is 4.79 Å². The Morgan fingerprint density at radius 3 is 2.47 bits per heavy atom. The van der Waals surface area contributed by atoms with Crippen molar-refractivity contribution in [1.29, 1.82) is 0 Å². The number of benzene rings is 3. The number of nitrogens with one attached hydrogen (secondary N) is 1. The van der Waals surface area contributed by atoms with Gasteiger partial charge in [-0.2, -0.15) is 0 Å². The highest BCUT2D eigenvalue weighted by atomic mass is 32.2. The third-order valence-electron chi connectivity index (χ3n) is 6.27. The standard InChI is InChI=1S/C27H22N4O5S2/c1-13-10-14(2)23(15(3)11-13)29-24(32)16(4)37-27-28-19-9-8-17(12-21(19)38-27)30-25(33)18-6-5-7-20(31(35)36)22(18)26(30)34/h5-12,16H,1-4H3,(H,29,32)/t16-/m1/s1. The number of nitro groups is 1. The van der Waals surface area contributed by atoms with Crippen LogP contribution in [0.3, 0.4) is 0 Å². The van der Waals surface area contributed by atoms with Gasteiger partial charge in [0.05, 0.1) is 31.6 Å². The maximum absolute atomic E-state index is 13.1. The summed E-state index contributed by atoms with van der Waals surface area (Å²) in [5.74, 6) is -1.49. The van der Waals surface area contributed by atoms with Crippen LogP contribution in [-0.4, -0.2) is 32.9 Å². The molecule has 0 bridgehead atoms. The summed E-state index contributed by atoms with van der Waals surface area (Å²) in [7, 11) is 0. The molecule has 0 saturated carbocycles. The van der Waals surface area contributed by atoms with Crippen molar-refractivity contribution in [3.8, 4) is 0 Å². The van der Waals surface area contributed by atoms with Crippen molar-refractivity contribution >= 4 is 68.1 Å². The summed E-state index contributed by atoms with van der Waals surface area (Å²) in [5.41, 5.74) is 4.29. The second kappa shape index (κ2) is 9.66. The molecule has 38 heavy (non-hydrogen) atoms. The lowest BCUT2D eigenvalue weighted by Gasteiger charge is -2.15. The molecular weight excluding hydrogens is 524 g/mol. The zero-order chi connectivity index (χ0) is 27.3. The lowest BCUT2D eigenvalue weighted by Crippen LogP contribution is -2.29. The number of nitro benzene ring substituents is 1. The van der Waals surface area contributed by atoms with Crippen LogP contribution in [0, 0.1) is 30.9 Å². The number of imide groups is 1. The van der Waals surface area contributed by atoms with E-state index in [4.69, 9.17) is 0 Å². The summed E-state index contributed by atoms with van der Waals surface area (Å²) in [6.07, 6.45) is 0. The molecule has 0 aliphatic carbocycles. The number of aromatic nitrogens is 1. The number of nitrogens with zero attached hydrogens (tertiary/aromatic N) is 3. The maximum Gasteiger partial charge on any atom is 0.283 e. The predicted molar refractivity (Wildman–Crippen MR) is 148 cm³/mol. The Labute approximate surface area is 226 Å². The van der Waals surface area contributed by atoms with Crippen LogP contribution < -0.4 is 10.2 Å². The van der Waals surface area contributed by atoms with Crippen LogP contribution in [0.5, 0.6) is 0 Å². The molecule has 192 valence electrons. The number of carbonyl (C=O) groups is 3. The van der Waals surface area contributed by atoms with Crippen molar-refractivity contribution in [1.82, 2.24) is 4.98 Å². The summed E-state index contributed by atoms with van der Waals surface area (Å²) in [4.78, 5) is 55.2. The molecule has 11 heteroatoms. The summed E-state index contributed by atoms with van der Waals surface area (Å²) in [6, 6.07) is 13.0. The quantitative estimate of drug-likeness (QED) is 0.135. The van der Waals surface area contributed by atoms with E-state index in [0.717, 1.165) is 27.3 Å². The third kappa shape index (κ3) is 4.44. The van der Waals surface area contributed by atoms with Gasteiger partial charge in [-0.15, -0.1) is 11.3 Å². The number of amides is 3. The molecule has 1 N–H and O–H groups in total. The van der Waals surface area contributed by atoms with Crippen LogP contribution in [0.2, 0.25) is 0 Å². The van der Waals surface area contributed by atoms with Crippen molar-refractivity contribution in [3.63, 3.8) is 0 Å². The Bertz CT molecular complexity index is 1660. The molecule has 3 amide bonds. The number of aryl methyl sites for hydroxylation is 3. The van der Waals surface area contributed by atoms with Gasteiger partial charge in [-0.1, -0.05) is 35.5 Å².